The van der Waals surface area contributed by atoms with Crippen LogP contribution in [0.15, 0.2) is 0 Å². The number of urea groups is 1. The van der Waals surface area contributed by atoms with Crippen LogP contribution in [-0.4, -0.2) is 62.9 Å². The summed E-state index contributed by atoms with van der Waals surface area (Å²) in [5, 5.41) is 11.5. The van der Waals surface area contributed by atoms with Crippen LogP contribution in [-0.2, 0) is 14.8 Å². The molecular formula is C10H19N3O5S. The van der Waals surface area contributed by atoms with Crippen molar-refractivity contribution in [2.45, 2.75) is 12.8 Å². The second-order valence-corrected chi connectivity index (χ2v) is 6.35. The number of hydrogen-bond acceptors (Lipinski definition) is 4. The lowest BCUT2D eigenvalue weighted by Crippen LogP contribution is -2.48. The normalized spacial score (nSPS) is 20.1. The van der Waals surface area contributed by atoms with Crippen molar-refractivity contribution in [2.24, 2.45) is 5.92 Å². The van der Waals surface area contributed by atoms with Crippen molar-refractivity contribution in [2.75, 3.05) is 32.4 Å². The Kier molecular flexibility index (Phi) is 5.55. The van der Waals surface area contributed by atoms with E-state index < -0.39 is 21.9 Å². The van der Waals surface area contributed by atoms with Gasteiger partial charge in [-0.3, -0.25) is 4.79 Å². The van der Waals surface area contributed by atoms with E-state index in [0.717, 1.165) is 6.26 Å². The fraction of sp³-hybridized carbons (Fsp3) is 0.800. The molecule has 9 heteroatoms. The summed E-state index contributed by atoms with van der Waals surface area (Å²) in [6, 6.07) is -0.360. The summed E-state index contributed by atoms with van der Waals surface area (Å²) >= 11 is 0. The molecule has 110 valence electrons. The first kappa shape index (κ1) is 15.7. The van der Waals surface area contributed by atoms with Crippen molar-refractivity contribution in [3.8, 4) is 0 Å². The number of nitrogens with zero attached hydrogens (tertiary/aromatic N) is 1. The van der Waals surface area contributed by atoms with Gasteiger partial charge in [0.1, 0.15) is 0 Å². The molecule has 0 aliphatic carbocycles. The molecule has 3 N–H and O–H groups in total. The minimum Gasteiger partial charge on any atom is -0.481 e. The van der Waals surface area contributed by atoms with Crippen LogP contribution in [0, 0.1) is 5.92 Å². The average molecular weight is 293 g/mol. The van der Waals surface area contributed by atoms with Crippen LogP contribution >= 0.6 is 0 Å². The molecule has 1 heterocycles. The van der Waals surface area contributed by atoms with Gasteiger partial charge in [-0.05, 0) is 12.8 Å². The maximum atomic E-state index is 11.7. The molecule has 0 saturated carbocycles. The van der Waals surface area contributed by atoms with E-state index in [9.17, 15) is 18.0 Å². The zero-order chi connectivity index (χ0) is 14.5. The average Bonchev–Trinajstić information content (AvgIpc) is 2.33. The van der Waals surface area contributed by atoms with Gasteiger partial charge < -0.3 is 15.3 Å². The Morgan fingerprint density at radius 2 is 2.05 bits per heavy atom. The molecule has 0 spiro atoms. The quantitative estimate of drug-likeness (QED) is 0.565. The van der Waals surface area contributed by atoms with Crippen LogP contribution in [0.3, 0.4) is 0 Å². The Morgan fingerprint density at radius 3 is 2.63 bits per heavy atom. The Hall–Kier alpha value is -1.35. The Morgan fingerprint density at radius 1 is 1.37 bits per heavy atom. The van der Waals surface area contributed by atoms with Crippen LogP contribution in [0.4, 0.5) is 4.79 Å². The van der Waals surface area contributed by atoms with Gasteiger partial charge >= 0.3 is 12.0 Å². The first-order valence-corrected chi connectivity index (χ1v) is 7.89. The fourth-order valence-corrected chi connectivity index (χ4v) is 2.35. The Bertz CT molecular complexity index is 436. The number of carbonyl (C=O) groups is 2. The van der Waals surface area contributed by atoms with Gasteiger partial charge in [0.05, 0.1) is 12.2 Å². The number of nitrogens with one attached hydrogen (secondary N) is 2. The van der Waals surface area contributed by atoms with E-state index in [1.54, 1.807) is 0 Å². The lowest BCUT2D eigenvalue weighted by molar-refractivity contribution is -0.143. The molecule has 8 nitrogen and oxygen atoms in total. The van der Waals surface area contributed by atoms with Crippen LogP contribution < -0.4 is 10.0 Å². The Labute approximate surface area is 112 Å². The van der Waals surface area contributed by atoms with E-state index in [2.05, 4.69) is 10.0 Å². The maximum absolute atomic E-state index is 11.7. The van der Waals surface area contributed by atoms with Crippen molar-refractivity contribution in [1.29, 1.82) is 0 Å². The minimum atomic E-state index is -3.26. The first-order valence-electron chi connectivity index (χ1n) is 6.00. The van der Waals surface area contributed by atoms with E-state index in [-0.39, 0.29) is 25.7 Å². The fourth-order valence-electron chi connectivity index (χ4n) is 1.88. The van der Waals surface area contributed by atoms with E-state index >= 15 is 0 Å². The number of carboxylic acid groups (broad SMARTS) is 1. The molecule has 1 aliphatic rings. The molecule has 1 saturated heterocycles. The molecule has 1 aliphatic heterocycles. The van der Waals surface area contributed by atoms with Crippen molar-refractivity contribution >= 4 is 22.0 Å². The zero-order valence-corrected chi connectivity index (χ0v) is 11.6. The van der Waals surface area contributed by atoms with Crippen LogP contribution in [0.2, 0.25) is 0 Å². The number of carboxylic acids is 1. The highest BCUT2D eigenvalue weighted by molar-refractivity contribution is 7.88. The number of piperidine rings is 1. The highest BCUT2D eigenvalue weighted by Crippen LogP contribution is 2.16. The van der Waals surface area contributed by atoms with Gasteiger partial charge in [0, 0.05) is 26.2 Å². The lowest BCUT2D eigenvalue weighted by Gasteiger charge is -2.30. The van der Waals surface area contributed by atoms with E-state index in [1.807, 2.05) is 0 Å². The smallest absolute Gasteiger partial charge is 0.317 e. The molecule has 0 aromatic carbocycles. The standard InChI is InChI=1S/C10H19N3O5S/c1-19(17,18)12-5-4-11-10(16)13-6-2-3-8(7-13)9(14)15/h8,12H,2-7H2,1H3,(H,11,16)(H,14,15). The summed E-state index contributed by atoms with van der Waals surface area (Å²) in [6.07, 6.45) is 2.28. The van der Waals surface area contributed by atoms with Crippen molar-refractivity contribution in [3.05, 3.63) is 0 Å². The van der Waals surface area contributed by atoms with Crippen molar-refractivity contribution in [3.63, 3.8) is 0 Å². The third-order valence-electron chi connectivity index (χ3n) is 2.82. The third-order valence-corrected chi connectivity index (χ3v) is 3.55. The van der Waals surface area contributed by atoms with Gasteiger partial charge in [-0.2, -0.15) is 0 Å². The maximum Gasteiger partial charge on any atom is 0.317 e. The van der Waals surface area contributed by atoms with Gasteiger partial charge in [0.2, 0.25) is 10.0 Å². The first-order chi connectivity index (χ1) is 8.79. The third kappa shape index (κ3) is 5.88. The van der Waals surface area contributed by atoms with Gasteiger partial charge in [-0.15, -0.1) is 0 Å². The molecule has 1 fully saturated rings. The van der Waals surface area contributed by atoms with Gasteiger partial charge in [-0.1, -0.05) is 0 Å². The monoisotopic (exact) mass is 293 g/mol. The van der Waals surface area contributed by atoms with E-state index in [1.165, 1.54) is 4.90 Å². The molecular weight excluding hydrogens is 274 g/mol. The molecule has 1 unspecified atom stereocenters. The molecule has 1 rings (SSSR count). The predicted molar refractivity (Wildman–Crippen MR) is 68.2 cm³/mol. The van der Waals surface area contributed by atoms with Gasteiger partial charge in [0.25, 0.3) is 0 Å². The van der Waals surface area contributed by atoms with Crippen LogP contribution in [0.5, 0.6) is 0 Å². The summed E-state index contributed by atoms with van der Waals surface area (Å²) < 4.78 is 23.8. The zero-order valence-electron chi connectivity index (χ0n) is 10.8. The largest absolute Gasteiger partial charge is 0.481 e. The number of aliphatic carboxylic acids is 1. The number of sulfonamides is 1. The number of hydrogen-bond donors (Lipinski definition) is 3. The van der Waals surface area contributed by atoms with Gasteiger partial charge in [0.15, 0.2) is 0 Å². The number of carbonyl (C=O) groups excluding carboxylic acids is 1. The molecule has 1 atom stereocenters. The minimum absolute atomic E-state index is 0.112. The molecule has 19 heavy (non-hydrogen) atoms. The summed E-state index contributed by atoms with van der Waals surface area (Å²) in [6.45, 7) is 0.997. The second-order valence-electron chi connectivity index (χ2n) is 4.52. The highest BCUT2D eigenvalue weighted by atomic mass is 32.2. The summed E-state index contributed by atoms with van der Waals surface area (Å²) in [4.78, 5) is 24.0. The summed E-state index contributed by atoms with van der Waals surface area (Å²) in [7, 11) is -3.26. The van der Waals surface area contributed by atoms with E-state index in [0.29, 0.717) is 19.4 Å². The highest BCUT2D eigenvalue weighted by Gasteiger charge is 2.27. The number of rotatable bonds is 5. The summed E-state index contributed by atoms with van der Waals surface area (Å²) in [5.41, 5.74) is 0. The number of amides is 2. The van der Waals surface area contributed by atoms with Gasteiger partial charge in [-0.25, -0.2) is 17.9 Å². The van der Waals surface area contributed by atoms with E-state index in [4.69, 9.17) is 5.11 Å². The predicted octanol–water partition coefficient (Wildman–Crippen LogP) is -0.958. The molecule has 0 radical (unpaired) electrons. The molecule has 0 aromatic rings. The van der Waals surface area contributed by atoms with Crippen molar-refractivity contribution in [1.82, 2.24) is 14.9 Å². The van der Waals surface area contributed by atoms with Crippen molar-refractivity contribution < 1.29 is 23.1 Å². The second kappa shape index (κ2) is 6.71. The molecule has 0 bridgehead atoms. The Balaban J connectivity index is 2.31. The number of likely N-dealkylation sites (tertiary alicyclic amines) is 1. The molecule has 0 aromatic heterocycles. The summed E-state index contributed by atoms with van der Waals surface area (Å²) in [5.74, 6) is -1.41. The molecule has 2 amide bonds. The SMILES string of the molecule is CS(=O)(=O)NCCNC(=O)N1CCCC(C(=O)O)C1. The van der Waals surface area contributed by atoms with Crippen LogP contribution in [0.25, 0.3) is 0 Å². The lowest BCUT2D eigenvalue weighted by atomic mass is 9.99. The van der Waals surface area contributed by atoms with Crippen LogP contribution in [0.1, 0.15) is 12.8 Å². The topological polar surface area (TPSA) is 116 Å².